The molecule has 1 heterocycles. The van der Waals surface area contributed by atoms with Crippen LogP contribution in [0.25, 0.3) is 0 Å². The molecule has 0 saturated heterocycles. The largest absolute Gasteiger partial charge is 0.490 e. The lowest BCUT2D eigenvalue weighted by atomic mass is 10.1. The molecule has 9 heteroatoms. The standard InChI is InChI=1S/C26H29N3O5S/c1-29(2)23(19-7-4-3-5-8-19)18-27-26(30)20-9-11-21(12-10-20)28-35(31,32)22-13-14-24-25(17-22)34-16-6-15-33-24/h3-5,7-14,17,23,28H,6,15-16,18H2,1-2H3,(H,27,30)/t23-/m1/s1. The van der Waals surface area contributed by atoms with Crippen LogP contribution in [0, 0.1) is 0 Å². The molecule has 0 unspecified atom stereocenters. The maximum Gasteiger partial charge on any atom is 0.262 e. The minimum absolute atomic E-state index is 0.0292. The van der Waals surface area contributed by atoms with Crippen molar-refractivity contribution in [2.24, 2.45) is 0 Å². The predicted octanol–water partition coefficient (Wildman–Crippen LogP) is 3.68. The van der Waals surface area contributed by atoms with Crippen LogP contribution in [-0.2, 0) is 10.0 Å². The molecule has 0 saturated carbocycles. The number of hydrogen-bond acceptors (Lipinski definition) is 6. The summed E-state index contributed by atoms with van der Waals surface area (Å²) >= 11 is 0. The number of carbonyl (C=O) groups is 1. The Morgan fingerprint density at radius 2 is 1.63 bits per heavy atom. The normalized spacial score (nSPS) is 14.1. The highest BCUT2D eigenvalue weighted by molar-refractivity contribution is 7.92. The topological polar surface area (TPSA) is 97.0 Å². The van der Waals surface area contributed by atoms with Crippen molar-refractivity contribution in [2.45, 2.75) is 17.4 Å². The zero-order valence-corrected chi connectivity index (χ0v) is 20.5. The molecule has 0 fully saturated rings. The predicted molar refractivity (Wildman–Crippen MR) is 135 cm³/mol. The second kappa shape index (κ2) is 10.8. The van der Waals surface area contributed by atoms with E-state index in [1.807, 2.05) is 49.3 Å². The number of anilines is 1. The molecule has 8 nitrogen and oxygen atoms in total. The molecular formula is C26H29N3O5S. The summed E-state index contributed by atoms with van der Waals surface area (Å²) in [6, 6.07) is 20.8. The van der Waals surface area contributed by atoms with E-state index in [4.69, 9.17) is 9.47 Å². The van der Waals surface area contributed by atoms with Gasteiger partial charge in [-0.3, -0.25) is 9.52 Å². The molecular weight excluding hydrogens is 466 g/mol. The Bertz CT molecular complexity index is 1260. The molecule has 1 aliphatic rings. The smallest absolute Gasteiger partial charge is 0.262 e. The van der Waals surface area contributed by atoms with Crippen molar-refractivity contribution in [1.82, 2.24) is 10.2 Å². The quantitative estimate of drug-likeness (QED) is 0.495. The van der Waals surface area contributed by atoms with Crippen LogP contribution in [0.1, 0.15) is 28.4 Å². The summed E-state index contributed by atoms with van der Waals surface area (Å²) in [4.78, 5) is 14.8. The highest BCUT2D eigenvalue weighted by atomic mass is 32.2. The average molecular weight is 496 g/mol. The molecule has 4 rings (SSSR count). The Balaban J connectivity index is 1.40. The lowest BCUT2D eigenvalue weighted by molar-refractivity contribution is 0.0942. The number of ether oxygens (including phenoxy) is 2. The minimum atomic E-state index is -3.85. The van der Waals surface area contributed by atoms with Crippen molar-refractivity contribution in [2.75, 3.05) is 38.6 Å². The van der Waals surface area contributed by atoms with Crippen molar-refractivity contribution in [3.63, 3.8) is 0 Å². The van der Waals surface area contributed by atoms with Crippen molar-refractivity contribution < 1.29 is 22.7 Å². The second-order valence-electron chi connectivity index (χ2n) is 8.44. The van der Waals surface area contributed by atoms with Gasteiger partial charge in [-0.15, -0.1) is 0 Å². The van der Waals surface area contributed by atoms with Crippen LogP contribution in [-0.4, -0.2) is 53.1 Å². The molecule has 0 spiro atoms. The molecule has 3 aromatic rings. The number of benzene rings is 3. The van der Waals surface area contributed by atoms with E-state index in [0.717, 1.165) is 12.0 Å². The lowest BCUT2D eigenvalue weighted by Gasteiger charge is -2.25. The lowest BCUT2D eigenvalue weighted by Crippen LogP contribution is -2.34. The zero-order valence-electron chi connectivity index (χ0n) is 19.7. The monoisotopic (exact) mass is 495 g/mol. The van der Waals surface area contributed by atoms with E-state index in [9.17, 15) is 13.2 Å². The van der Waals surface area contributed by atoms with Crippen molar-refractivity contribution in [1.29, 1.82) is 0 Å². The number of fused-ring (bicyclic) bond motifs is 1. The molecule has 1 aliphatic heterocycles. The van der Waals surface area contributed by atoms with Crippen LogP contribution >= 0.6 is 0 Å². The van der Waals surface area contributed by atoms with Crippen LogP contribution in [0.5, 0.6) is 11.5 Å². The second-order valence-corrected chi connectivity index (χ2v) is 10.1. The average Bonchev–Trinajstić information content (AvgIpc) is 3.10. The molecule has 0 radical (unpaired) electrons. The van der Waals surface area contributed by atoms with Crippen molar-refractivity contribution in [3.8, 4) is 11.5 Å². The first-order chi connectivity index (χ1) is 16.8. The number of nitrogens with one attached hydrogen (secondary N) is 2. The van der Waals surface area contributed by atoms with Gasteiger partial charge in [-0.25, -0.2) is 8.42 Å². The van der Waals surface area contributed by atoms with E-state index < -0.39 is 10.0 Å². The van der Waals surface area contributed by atoms with Gasteiger partial charge in [0.25, 0.3) is 15.9 Å². The summed E-state index contributed by atoms with van der Waals surface area (Å²) in [6.07, 6.45) is 0.733. The van der Waals surface area contributed by atoms with Crippen molar-refractivity contribution >= 4 is 21.6 Å². The van der Waals surface area contributed by atoms with Gasteiger partial charge in [0.1, 0.15) is 0 Å². The molecule has 184 valence electrons. The maximum absolute atomic E-state index is 12.9. The fraction of sp³-hybridized carbons (Fsp3) is 0.269. The molecule has 1 atom stereocenters. The van der Waals surface area contributed by atoms with Gasteiger partial charge in [-0.1, -0.05) is 30.3 Å². The van der Waals surface area contributed by atoms with Gasteiger partial charge in [-0.05, 0) is 56.1 Å². The maximum atomic E-state index is 12.9. The van der Waals surface area contributed by atoms with E-state index >= 15 is 0 Å². The van der Waals surface area contributed by atoms with Gasteiger partial charge >= 0.3 is 0 Å². The number of hydrogen-bond donors (Lipinski definition) is 2. The summed E-state index contributed by atoms with van der Waals surface area (Å²) < 4.78 is 39.5. The SMILES string of the molecule is CN(C)[C@H](CNC(=O)c1ccc(NS(=O)(=O)c2ccc3c(c2)OCCCO3)cc1)c1ccccc1. The summed E-state index contributed by atoms with van der Waals surface area (Å²) in [5.74, 6) is 0.703. The number of amides is 1. The van der Waals surface area contributed by atoms with Crippen LogP contribution in [0.4, 0.5) is 5.69 Å². The highest BCUT2D eigenvalue weighted by Gasteiger charge is 2.20. The molecule has 2 N–H and O–H groups in total. The summed E-state index contributed by atoms with van der Waals surface area (Å²) in [7, 11) is 0.0874. The highest BCUT2D eigenvalue weighted by Crippen LogP contribution is 2.32. The Morgan fingerprint density at radius 3 is 2.31 bits per heavy atom. The van der Waals surface area contributed by atoms with Gasteiger partial charge in [0, 0.05) is 30.3 Å². The minimum Gasteiger partial charge on any atom is -0.490 e. The van der Waals surface area contributed by atoms with E-state index in [1.165, 1.54) is 12.1 Å². The number of sulfonamides is 1. The van der Waals surface area contributed by atoms with Gasteiger partial charge < -0.3 is 19.7 Å². The van der Waals surface area contributed by atoms with E-state index in [2.05, 4.69) is 10.0 Å². The molecule has 1 amide bonds. The Labute approximate surface area is 205 Å². The molecule has 0 aliphatic carbocycles. The third-order valence-electron chi connectivity index (χ3n) is 5.69. The van der Waals surface area contributed by atoms with E-state index in [0.29, 0.717) is 42.5 Å². The Hall–Kier alpha value is -3.56. The first-order valence-electron chi connectivity index (χ1n) is 11.4. The van der Waals surface area contributed by atoms with E-state index in [1.54, 1.807) is 30.3 Å². The number of nitrogens with zero attached hydrogens (tertiary/aromatic N) is 1. The fourth-order valence-corrected chi connectivity index (χ4v) is 4.85. The molecule has 0 aromatic heterocycles. The zero-order chi connectivity index (χ0) is 24.8. The van der Waals surface area contributed by atoms with Gasteiger partial charge in [-0.2, -0.15) is 0 Å². The summed E-state index contributed by atoms with van der Waals surface area (Å²) in [5, 5.41) is 2.96. The van der Waals surface area contributed by atoms with Crippen LogP contribution in [0.15, 0.2) is 77.7 Å². The van der Waals surface area contributed by atoms with E-state index in [-0.39, 0.29) is 16.8 Å². The third kappa shape index (κ3) is 6.12. The van der Waals surface area contributed by atoms with Crippen molar-refractivity contribution in [3.05, 3.63) is 83.9 Å². The molecule has 0 bridgehead atoms. The summed E-state index contributed by atoms with van der Waals surface area (Å²) in [6.45, 7) is 1.43. The van der Waals surface area contributed by atoms with Gasteiger partial charge in [0.05, 0.1) is 24.2 Å². The number of rotatable bonds is 8. The first kappa shape index (κ1) is 24.6. The van der Waals surface area contributed by atoms with Gasteiger partial charge in [0.2, 0.25) is 0 Å². The Morgan fingerprint density at radius 1 is 0.943 bits per heavy atom. The molecule has 3 aromatic carbocycles. The van der Waals surface area contributed by atoms with Gasteiger partial charge in [0.15, 0.2) is 11.5 Å². The van der Waals surface area contributed by atoms with Crippen LogP contribution in [0.2, 0.25) is 0 Å². The summed E-state index contributed by atoms with van der Waals surface area (Å²) in [5.41, 5.74) is 1.90. The van der Waals surface area contributed by atoms with Crippen LogP contribution in [0.3, 0.4) is 0 Å². The molecule has 35 heavy (non-hydrogen) atoms. The number of carbonyl (C=O) groups excluding carboxylic acids is 1. The first-order valence-corrected chi connectivity index (χ1v) is 12.8. The fourth-order valence-electron chi connectivity index (χ4n) is 3.78. The number of likely N-dealkylation sites (N-methyl/N-ethyl adjacent to an activating group) is 1. The Kier molecular flexibility index (Phi) is 7.57. The van der Waals surface area contributed by atoms with Crippen LogP contribution < -0.4 is 19.5 Å². The third-order valence-corrected chi connectivity index (χ3v) is 7.07.